The third-order valence-electron chi connectivity index (χ3n) is 4.64. The van der Waals surface area contributed by atoms with Crippen molar-refractivity contribution in [2.45, 2.75) is 31.6 Å². The Morgan fingerprint density at radius 2 is 1.68 bits per heavy atom. The highest BCUT2D eigenvalue weighted by Gasteiger charge is 2.27. The van der Waals surface area contributed by atoms with E-state index in [9.17, 15) is 4.79 Å². The first-order chi connectivity index (χ1) is 10.9. The fraction of sp³-hybridized carbons (Fsp3) is 0.350. The van der Waals surface area contributed by atoms with E-state index in [0.717, 1.165) is 6.29 Å². The van der Waals surface area contributed by atoms with Gasteiger partial charge in [0, 0.05) is 0 Å². The maximum atomic E-state index is 11.1. The Morgan fingerprint density at radius 1 is 0.955 bits per heavy atom. The van der Waals surface area contributed by atoms with Crippen LogP contribution in [0.15, 0.2) is 54.6 Å². The summed E-state index contributed by atoms with van der Waals surface area (Å²) < 4.78 is 5.99. The minimum absolute atomic E-state index is 0.524. The Morgan fingerprint density at radius 3 is 2.50 bits per heavy atom. The van der Waals surface area contributed by atoms with E-state index in [4.69, 9.17) is 4.74 Å². The Kier molecular flexibility index (Phi) is 4.89. The number of carbonyl (C=O) groups excluding carboxylic acids is 1. The molecule has 1 saturated carbocycles. The van der Waals surface area contributed by atoms with Crippen molar-refractivity contribution in [2.24, 2.45) is 5.92 Å². The van der Waals surface area contributed by atoms with Crippen molar-refractivity contribution in [3.63, 3.8) is 0 Å². The van der Waals surface area contributed by atoms with Gasteiger partial charge in [-0.15, -0.1) is 0 Å². The van der Waals surface area contributed by atoms with E-state index >= 15 is 0 Å². The topological polar surface area (TPSA) is 26.3 Å². The predicted molar refractivity (Wildman–Crippen MR) is 88.5 cm³/mol. The maximum absolute atomic E-state index is 11.1. The summed E-state index contributed by atoms with van der Waals surface area (Å²) in [5.74, 6) is 1.80. The number of benzene rings is 2. The molecule has 0 saturated heterocycles. The van der Waals surface area contributed by atoms with Gasteiger partial charge < -0.3 is 4.74 Å². The number of para-hydroxylation sites is 1. The van der Waals surface area contributed by atoms with Gasteiger partial charge in [-0.1, -0.05) is 55.3 Å². The van der Waals surface area contributed by atoms with Crippen molar-refractivity contribution in [3.8, 4) is 5.75 Å². The van der Waals surface area contributed by atoms with Crippen molar-refractivity contribution in [2.75, 3.05) is 6.61 Å². The van der Waals surface area contributed by atoms with Gasteiger partial charge in [-0.05, 0) is 42.4 Å². The molecular formula is C20H22O2. The second-order valence-corrected chi connectivity index (χ2v) is 6.03. The molecule has 1 aliphatic carbocycles. The summed E-state index contributed by atoms with van der Waals surface area (Å²) in [6.45, 7) is 0.685. The lowest BCUT2D eigenvalue weighted by Gasteiger charge is -2.32. The summed E-state index contributed by atoms with van der Waals surface area (Å²) in [6, 6.07) is 18.2. The molecule has 0 heterocycles. The molecule has 0 aliphatic heterocycles. The second kappa shape index (κ2) is 7.26. The summed E-state index contributed by atoms with van der Waals surface area (Å²) in [7, 11) is 0. The van der Waals surface area contributed by atoms with Crippen LogP contribution in [-0.4, -0.2) is 12.9 Å². The lowest BCUT2D eigenvalue weighted by atomic mass is 9.76. The highest BCUT2D eigenvalue weighted by Crippen LogP contribution is 2.38. The zero-order valence-corrected chi connectivity index (χ0v) is 12.8. The van der Waals surface area contributed by atoms with Crippen LogP contribution in [0.3, 0.4) is 0 Å². The average molecular weight is 294 g/mol. The third kappa shape index (κ3) is 3.38. The zero-order chi connectivity index (χ0) is 15.2. The van der Waals surface area contributed by atoms with Crippen molar-refractivity contribution in [1.29, 1.82) is 0 Å². The first-order valence-electron chi connectivity index (χ1n) is 8.10. The molecule has 0 N–H and O–H groups in total. The van der Waals surface area contributed by atoms with E-state index in [1.54, 1.807) is 6.07 Å². The van der Waals surface area contributed by atoms with Gasteiger partial charge in [-0.2, -0.15) is 0 Å². The van der Waals surface area contributed by atoms with Gasteiger partial charge in [0.25, 0.3) is 0 Å². The van der Waals surface area contributed by atoms with Gasteiger partial charge in [-0.3, -0.25) is 4.79 Å². The smallest absolute Gasteiger partial charge is 0.153 e. The third-order valence-corrected chi connectivity index (χ3v) is 4.64. The van der Waals surface area contributed by atoms with Crippen LogP contribution in [0.4, 0.5) is 0 Å². The molecule has 2 unspecified atom stereocenters. The first-order valence-corrected chi connectivity index (χ1v) is 8.10. The second-order valence-electron chi connectivity index (χ2n) is 6.03. The minimum atomic E-state index is 0.524. The van der Waals surface area contributed by atoms with E-state index in [0.29, 0.717) is 29.8 Å². The molecule has 0 amide bonds. The average Bonchev–Trinajstić information content (AvgIpc) is 2.61. The number of hydrogen-bond acceptors (Lipinski definition) is 2. The van der Waals surface area contributed by atoms with E-state index in [1.165, 1.54) is 31.2 Å². The molecule has 1 aliphatic rings. The Bertz CT molecular complexity index is 606. The molecule has 2 nitrogen and oxygen atoms in total. The normalized spacial score (nSPS) is 21.3. The minimum Gasteiger partial charge on any atom is -0.493 e. The van der Waals surface area contributed by atoms with Gasteiger partial charge in [-0.25, -0.2) is 0 Å². The van der Waals surface area contributed by atoms with Gasteiger partial charge in [0.1, 0.15) is 5.75 Å². The number of ether oxygens (including phenoxy) is 1. The van der Waals surface area contributed by atoms with Gasteiger partial charge in [0.05, 0.1) is 12.2 Å². The van der Waals surface area contributed by atoms with Gasteiger partial charge in [0.15, 0.2) is 6.29 Å². The molecule has 3 rings (SSSR count). The quantitative estimate of drug-likeness (QED) is 0.737. The van der Waals surface area contributed by atoms with E-state index in [2.05, 4.69) is 30.3 Å². The van der Waals surface area contributed by atoms with Crippen LogP contribution >= 0.6 is 0 Å². The van der Waals surface area contributed by atoms with Crippen LogP contribution in [0.2, 0.25) is 0 Å². The summed E-state index contributed by atoms with van der Waals surface area (Å²) in [4.78, 5) is 11.1. The molecule has 1 fully saturated rings. The first kappa shape index (κ1) is 14.8. The molecule has 2 aromatic rings. The molecule has 0 spiro atoms. The Balaban J connectivity index is 1.71. The molecular weight excluding hydrogens is 272 g/mol. The van der Waals surface area contributed by atoms with Crippen LogP contribution in [0.1, 0.15) is 47.5 Å². The summed E-state index contributed by atoms with van der Waals surface area (Å²) in [6.07, 6.45) is 5.86. The Labute approximate surface area is 132 Å². The standard InChI is InChI=1S/C20H22O2/c21-14-17-10-5-7-13-20(17)22-15-18-11-4-6-12-19(18)16-8-2-1-3-9-16/h1-3,5,7-10,13-14,18-19H,4,6,11-12,15H2. The number of rotatable bonds is 5. The molecule has 0 aromatic heterocycles. The molecule has 2 atom stereocenters. The van der Waals surface area contributed by atoms with Crippen LogP contribution in [0, 0.1) is 5.92 Å². The summed E-state index contributed by atoms with van der Waals surface area (Å²) in [5.41, 5.74) is 2.05. The lowest BCUT2D eigenvalue weighted by molar-refractivity contribution is 0.111. The van der Waals surface area contributed by atoms with Crippen LogP contribution in [-0.2, 0) is 0 Å². The molecule has 22 heavy (non-hydrogen) atoms. The van der Waals surface area contributed by atoms with Crippen LogP contribution < -0.4 is 4.74 Å². The summed E-state index contributed by atoms with van der Waals surface area (Å²) >= 11 is 0. The fourth-order valence-corrected chi connectivity index (χ4v) is 3.45. The number of carbonyl (C=O) groups is 1. The Hall–Kier alpha value is -2.09. The fourth-order valence-electron chi connectivity index (χ4n) is 3.45. The van der Waals surface area contributed by atoms with E-state index < -0.39 is 0 Å². The van der Waals surface area contributed by atoms with Crippen molar-refractivity contribution >= 4 is 6.29 Å². The molecule has 0 radical (unpaired) electrons. The predicted octanol–water partition coefficient (Wildman–Crippen LogP) is 4.85. The maximum Gasteiger partial charge on any atom is 0.153 e. The number of hydrogen-bond donors (Lipinski definition) is 0. The molecule has 2 aromatic carbocycles. The summed E-state index contributed by atoms with van der Waals surface area (Å²) in [5, 5.41) is 0. The molecule has 0 bridgehead atoms. The largest absolute Gasteiger partial charge is 0.493 e. The molecule has 2 heteroatoms. The highest BCUT2D eigenvalue weighted by molar-refractivity contribution is 5.79. The van der Waals surface area contributed by atoms with Crippen molar-refractivity contribution < 1.29 is 9.53 Å². The van der Waals surface area contributed by atoms with Gasteiger partial charge in [0.2, 0.25) is 0 Å². The van der Waals surface area contributed by atoms with Crippen molar-refractivity contribution in [3.05, 3.63) is 65.7 Å². The van der Waals surface area contributed by atoms with Crippen LogP contribution in [0.5, 0.6) is 5.75 Å². The van der Waals surface area contributed by atoms with E-state index in [-0.39, 0.29) is 0 Å². The monoisotopic (exact) mass is 294 g/mol. The number of aldehydes is 1. The SMILES string of the molecule is O=Cc1ccccc1OCC1CCCCC1c1ccccc1. The van der Waals surface area contributed by atoms with Crippen LogP contribution in [0.25, 0.3) is 0 Å². The molecule has 114 valence electrons. The van der Waals surface area contributed by atoms with E-state index in [1.807, 2.05) is 18.2 Å². The van der Waals surface area contributed by atoms with Crippen molar-refractivity contribution in [1.82, 2.24) is 0 Å². The van der Waals surface area contributed by atoms with Gasteiger partial charge >= 0.3 is 0 Å². The highest BCUT2D eigenvalue weighted by atomic mass is 16.5. The lowest BCUT2D eigenvalue weighted by Crippen LogP contribution is -2.24. The zero-order valence-electron chi connectivity index (χ0n) is 12.8.